The van der Waals surface area contributed by atoms with Crippen LogP contribution < -0.4 is 5.32 Å². The largest absolute Gasteiger partial charge is 0.372 e. The van der Waals surface area contributed by atoms with Gasteiger partial charge in [0.2, 0.25) is 0 Å². The number of aromatic nitrogens is 2. The Morgan fingerprint density at radius 1 is 1.47 bits per heavy atom. The minimum atomic E-state index is -0.0751. The number of rotatable bonds is 4. The van der Waals surface area contributed by atoms with Crippen molar-refractivity contribution in [1.29, 1.82) is 0 Å². The van der Waals surface area contributed by atoms with Gasteiger partial charge in [-0.25, -0.2) is 9.97 Å². The van der Waals surface area contributed by atoms with Gasteiger partial charge in [0.25, 0.3) is 0 Å². The van der Waals surface area contributed by atoms with E-state index in [1.54, 1.807) is 0 Å². The fourth-order valence-electron chi connectivity index (χ4n) is 1.25. The maximum Gasteiger partial charge on any atom is 0.159 e. The molecule has 1 N–H and O–H groups in total. The predicted molar refractivity (Wildman–Crippen MR) is 64.1 cm³/mol. The van der Waals surface area contributed by atoms with Gasteiger partial charge in [-0.2, -0.15) is 0 Å². The number of ether oxygens (including phenoxy) is 1. The highest BCUT2D eigenvalue weighted by atomic mass is 79.9. The average Bonchev–Trinajstić information content (AvgIpc) is 2.22. The first-order chi connectivity index (χ1) is 7.10. The monoisotopic (exact) mass is 273 g/mol. The Balaban J connectivity index is 3.05. The van der Waals surface area contributed by atoms with E-state index in [2.05, 4.69) is 31.2 Å². The third kappa shape index (κ3) is 2.89. The molecule has 0 radical (unpaired) electrons. The van der Waals surface area contributed by atoms with Crippen LogP contribution in [0.2, 0.25) is 0 Å². The average molecular weight is 274 g/mol. The van der Waals surface area contributed by atoms with E-state index in [0.29, 0.717) is 12.4 Å². The van der Waals surface area contributed by atoms with Crippen molar-refractivity contribution in [3.8, 4) is 0 Å². The van der Waals surface area contributed by atoms with Gasteiger partial charge in [0.1, 0.15) is 11.9 Å². The van der Waals surface area contributed by atoms with Gasteiger partial charge >= 0.3 is 0 Å². The fourth-order valence-corrected chi connectivity index (χ4v) is 1.63. The van der Waals surface area contributed by atoms with Gasteiger partial charge in [-0.15, -0.1) is 0 Å². The summed E-state index contributed by atoms with van der Waals surface area (Å²) in [5.41, 5.74) is 0.913. The summed E-state index contributed by atoms with van der Waals surface area (Å²) in [5, 5.41) is 3.02. The van der Waals surface area contributed by atoms with Gasteiger partial charge in [0.15, 0.2) is 5.82 Å². The molecule has 0 aliphatic heterocycles. The van der Waals surface area contributed by atoms with Crippen molar-refractivity contribution in [2.45, 2.75) is 26.9 Å². The lowest BCUT2D eigenvalue weighted by Crippen LogP contribution is -2.09. The minimum Gasteiger partial charge on any atom is -0.372 e. The number of hydrogen-bond donors (Lipinski definition) is 1. The van der Waals surface area contributed by atoms with Gasteiger partial charge < -0.3 is 10.1 Å². The number of halogens is 1. The minimum absolute atomic E-state index is 0.0751. The van der Waals surface area contributed by atoms with E-state index in [4.69, 9.17) is 4.74 Å². The molecule has 1 aromatic rings. The summed E-state index contributed by atoms with van der Waals surface area (Å²) in [6.45, 7) is 6.51. The van der Waals surface area contributed by atoms with Crippen LogP contribution in [0.4, 0.5) is 5.82 Å². The van der Waals surface area contributed by atoms with Crippen molar-refractivity contribution >= 4 is 21.7 Å². The highest BCUT2D eigenvalue weighted by Crippen LogP contribution is 2.25. The standard InChI is InChI=1S/C10H16BrN3O/c1-5-15-7(3)9-13-6(2)8(11)10(12-4)14-9/h7H,5H2,1-4H3,(H,12,13,14). The van der Waals surface area contributed by atoms with E-state index < -0.39 is 0 Å². The third-order valence-electron chi connectivity index (χ3n) is 2.05. The third-order valence-corrected chi connectivity index (χ3v) is 3.00. The molecule has 0 spiro atoms. The molecule has 0 fully saturated rings. The molecule has 5 heteroatoms. The van der Waals surface area contributed by atoms with Gasteiger partial charge in [0, 0.05) is 13.7 Å². The SMILES string of the molecule is CCOC(C)c1nc(C)c(Br)c(NC)n1. The molecular weight excluding hydrogens is 258 g/mol. The zero-order valence-electron chi connectivity index (χ0n) is 9.47. The van der Waals surface area contributed by atoms with Crippen LogP contribution in [0.25, 0.3) is 0 Å². The summed E-state index contributed by atoms with van der Waals surface area (Å²) in [6, 6.07) is 0. The van der Waals surface area contributed by atoms with Gasteiger partial charge in [0.05, 0.1) is 10.2 Å². The normalized spacial score (nSPS) is 12.6. The van der Waals surface area contributed by atoms with Crippen molar-refractivity contribution in [3.63, 3.8) is 0 Å². The van der Waals surface area contributed by atoms with E-state index in [0.717, 1.165) is 16.0 Å². The molecule has 0 bridgehead atoms. The Labute approximate surface area is 98.6 Å². The lowest BCUT2D eigenvalue weighted by atomic mass is 10.3. The fraction of sp³-hybridized carbons (Fsp3) is 0.600. The molecule has 0 amide bonds. The molecule has 0 aliphatic rings. The van der Waals surface area contributed by atoms with Crippen LogP contribution in [-0.4, -0.2) is 23.6 Å². The van der Waals surface area contributed by atoms with E-state index in [-0.39, 0.29) is 6.10 Å². The molecule has 0 aromatic carbocycles. The first-order valence-corrected chi connectivity index (χ1v) is 5.72. The second-order valence-electron chi connectivity index (χ2n) is 3.18. The van der Waals surface area contributed by atoms with Gasteiger partial charge in [-0.3, -0.25) is 0 Å². The number of aryl methyl sites for hydroxylation is 1. The Kier molecular flexibility index (Phi) is 4.47. The Hall–Kier alpha value is -0.680. The van der Waals surface area contributed by atoms with Crippen LogP contribution in [-0.2, 0) is 4.74 Å². The highest BCUT2D eigenvalue weighted by Gasteiger charge is 2.13. The summed E-state index contributed by atoms with van der Waals surface area (Å²) in [5.74, 6) is 1.51. The second kappa shape index (κ2) is 5.42. The molecule has 1 heterocycles. The summed E-state index contributed by atoms with van der Waals surface area (Å²) >= 11 is 3.43. The van der Waals surface area contributed by atoms with E-state index in [1.165, 1.54) is 0 Å². The van der Waals surface area contributed by atoms with Crippen molar-refractivity contribution in [2.24, 2.45) is 0 Å². The van der Waals surface area contributed by atoms with Gasteiger partial charge in [-0.05, 0) is 36.7 Å². The molecule has 1 atom stereocenters. The zero-order valence-corrected chi connectivity index (χ0v) is 11.1. The Bertz CT molecular complexity index is 344. The van der Waals surface area contributed by atoms with Crippen LogP contribution in [0, 0.1) is 6.92 Å². The molecule has 1 aromatic heterocycles. The van der Waals surface area contributed by atoms with Crippen LogP contribution in [0.15, 0.2) is 4.47 Å². The molecule has 0 aliphatic carbocycles. The first-order valence-electron chi connectivity index (χ1n) is 4.93. The van der Waals surface area contributed by atoms with E-state index >= 15 is 0 Å². The van der Waals surface area contributed by atoms with Crippen LogP contribution >= 0.6 is 15.9 Å². The van der Waals surface area contributed by atoms with Crippen molar-refractivity contribution in [1.82, 2.24) is 9.97 Å². The molecule has 1 rings (SSSR count). The Morgan fingerprint density at radius 3 is 2.67 bits per heavy atom. The van der Waals surface area contributed by atoms with E-state index in [1.807, 2.05) is 27.8 Å². The predicted octanol–water partition coefficient (Wildman–Crippen LogP) is 2.69. The summed E-state index contributed by atoms with van der Waals surface area (Å²) in [4.78, 5) is 8.75. The summed E-state index contributed by atoms with van der Waals surface area (Å²) in [7, 11) is 1.83. The topological polar surface area (TPSA) is 47.0 Å². The van der Waals surface area contributed by atoms with Crippen molar-refractivity contribution in [2.75, 3.05) is 19.0 Å². The van der Waals surface area contributed by atoms with E-state index in [9.17, 15) is 0 Å². The van der Waals surface area contributed by atoms with Gasteiger partial charge in [-0.1, -0.05) is 0 Å². The van der Waals surface area contributed by atoms with Crippen molar-refractivity contribution in [3.05, 3.63) is 16.0 Å². The summed E-state index contributed by atoms with van der Waals surface area (Å²) in [6.07, 6.45) is -0.0751. The maximum atomic E-state index is 5.45. The van der Waals surface area contributed by atoms with Crippen molar-refractivity contribution < 1.29 is 4.74 Å². The lowest BCUT2D eigenvalue weighted by Gasteiger charge is -2.13. The van der Waals surface area contributed by atoms with Crippen LogP contribution in [0.3, 0.4) is 0 Å². The number of nitrogens with zero attached hydrogens (tertiary/aromatic N) is 2. The van der Waals surface area contributed by atoms with Crippen LogP contribution in [0.5, 0.6) is 0 Å². The maximum absolute atomic E-state index is 5.45. The molecule has 4 nitrogen and oxygen atoms in total. The number of hydrogen-bond acceptors (Lipinski definition) is 4. The molecule has 0 saturated carbocycles. The molecular formula is C10H16BrN3O. The van der Waals surface area contributed by atoms with Crippen LogP contribution in [0.1, 0.15) is 31.5 Å². The summed E-state index contributed by atoms with van der Waals surface area (Å²) < 4.78 is 6.35. The zero-order chi connectivity index (χ0) is 11.4. The molecule has 0 saturated heterocycles. The first kappa shape index (κ1) is 12.4. The number of anilines is 1. The smallest absolute Gasteiger partial charge is 0.159 e. The molecule has 84 valence electrons. The quantitative estimate of drug-likeness (QED) is 0.917. The highest BCUT2D eigenvalue weighted by molar-refractivity contribution is 9.10. The molecule has 15 heavy (non-hydrogen) atoms. The number of nitrogens with one attached hydrogen (secondary N) is 1. The molecule has 1 unspecified atom stereocenters. The lowest BCUT2D eigenvalue weighted by molar-refractivity contribution is 0.0700. The second-order valence-corrected chi connectivity index (χ2v) is 3.97. The Morgan fingerprint density at radius 2 is 2.13 bits per heavy atom.